The molecular formula is C8H15NO2. The predicted molar refractivity (Wildman–Crippen MR) is 43.5 cm³/mol. The largest absolute Gasteiger partial charge is 0.373 e. The van der Waals surface area contributed by atoms with E-state index in [1.807, 2.05) is 0 Å². The Labute approximate surface area is 67.1 Å². The lowest BCUT2D eigenvalue weighted by atomic mass is 10.1. The van der Waals surface area contributed by atoms with Gasteiger partial charge in [-0.15, -0.1) is 0 Å². The molecule has 1 atom stereocenters. The van der Waals surface area contributed by atoms with Gasteiger partial charge in [-0.25, -0.2) is 0 Å². The van der Waals surface area contributed by atoms with Crippen molar-refractivity contribution in [1.29, 1.82) is 0 Å². The zero-order valence-corrected chi connectivity index (χ0v) is 6.79. The molecule has 1 saturated heterocycles. The minimum atomic E-state index is 0.486. The van der Waals surface area contributed by atoms with Crippen LogP contribution >= 0.6 is 0 Å². The van der Waals surface area contributed by atoms with Crippen molar-refractivity contribution in [3.63, 3.8) is 0 Å². The van der Waals surface area contributed by atoms with Gasteiger partial charge >= 0.3 is 0 Å². The standard InChI is InChI=1S/C8H15NO2/c10-9-6-4-2-1-3-5-8-7-11-8/h8H,1-7H2. The van der Waals surface area contributed by atoms with Gasteiger partial charge in [0.2, 0.25) is 0 Å². The number of nitroso groups, excluding NO2 is 1. The van der Waals surface area contributed by atoms with E-state index in [4.69, 9.17) is 4.74 Å². The topological polar surface area (TPSA) is 42.0 Å². The lowest BCUT2D eigenvalue weighted by Gasteiger charge is -1.95. The maximum atomic E-state index is 9.69. The molecule has 0 spiro atoms. The van der Waals surface area contributed by atoms with Gasteiger partial charge in [0, 0.05) is 0 Å². The molecule has 1 heterocycles. The zero-order chi connectivity index (χ0) is 7.94. The van der Waals surface area contributed by atoms with E-state index >= 15 is 0 Å². The SMILES string of the molecule is O=NCCCCCCC1CO1. The third-order valence-electron chi connectivity index (χ3n) is 1.93. The summed E-state index contributed by atoms with van der Waals surface area (Å²) in [5, 5.41) is 2.81. The Morgan fingerprint density at radius 2 is 2.00 bits per heavy atom. The summed E-state index contributed by atoms with van der Waals surface area (Å²) in [5.74, 6) is 0. The highest BCUT2D eigenvalue weighted by atomic mass is 16.6. The fraction of sp³-hybridized carbons (Fsp3) is 1.00. The molecule has 0 N–H and O–H groups in total. The van der Waals surface area contributed by atoms with Crippen molar-refractivity contribution in [2.45, 2.75) is 38.2 Å². The van der Waals surface area contributed by atoms with Crippen LogP contribution in [-0.4, -0.2) is 19.3 Å². The number of ether oxygens (including phenoxy) is 1. The molecule has 11 heavy (non-hydrogen) atoms. The summed E-state index contributed by atoms with van der Waals surface area (Å²) in [7, 11) is 0. The molecular weight excluding hydrogens is 142 g/mol. The van der Waals surface area contributed by atoms with E-state index in [0.717, 1.165) is 19.4 Å². The molecule has 0 aliphatic carbocycles. The Morgan fingerprint density at radius 3 is 2.64 bits per heavy atom. The molecule has 0 bridgehead atoms. The summed E-state index contributed by atoms with van der Waals surface area (Å²) >= 11 is 0. The van der Waals surface area contributed by atoms with E-state index in [9.17, 15) is 4.91 Å². The third-order valence-corrected chi connectivity index (χ3v) is 1.93. The quantitative estimate of drug-likeness (QED) is 0.322. The van der Waals surface area contributed by atoms with Crippen molar-refractivity contribution in [1.82, 2.24) is 0 Å². The Morgan fingerprint density at radius 1 is 1.27 bits per heavy atom. The van der Waals surface area contributed by atoms with E-state index in [-0.39, 0.29) is 0 Å². The van der Waals surface area contributed by atoms with Gasteiger partial charge in [0.05, 0.1) is 19.3 Å². The zero-order valence-electron chi connectivity index (χ0n) is 6.79. The van der Waals surface area contributed by atoms with Gasteiger partial charge in [0.15, 0.2) is 0 Å². The van der Waals surface area contributed by atoms with Crippen LogP contribution in [0.25, 0.3) is 0 Å². The van der Waals surface area contributed by atoms with Gasteiger partial charge in [0.1, 0.15) is 0 Å². The van der Waals surface area contributed by atoms with E-state index in [0.29, 0.717) is 12.6 Å². The normalized spacial score (nSPS) is 21.6. The smallest absolute Gasteiger partial charge is 0.0811 e. The number of hydrogen-bond acceptors (Lipinski definition) is 3. The molecule has 3 nitrogen and oxygen atoms in total. The number of epoxide rings is 1. The molecule has 0 aromatic heterocycles. The first-order valence-electron chi connectivity index (χ1n) is 4.34. The average molecular weight is 157 g/mol. The molecule has 3 heteroatoms. The Balaban J connectivity index is 1.69. The minimum Gasteiger partial charge on any atom is -0.373 e. The van der Waals surface area contributed by atoms with Crippen LogP contribution in [-0.2, 0) is 4.74 Å². The molecule has 0 radical (unpaired) electrons. The fourth-order valence-corrected chi connectivity index (χ4v) is 1.14. The van der Waals surface area contributed by atoms with Gasteiger partial charge in [-0.05, 0) is 12.8 Å². The molecule has 1 aliphatic heterocycles. The highest BCUT2D eigenvalue weighted by Gasteiger charge is 2.20. The monoisotopic (exact) mass is 157 g/mol. The number of hydrogen-bond donors (Lipinski definition) is 0. The van der Waals surface area contributed by atoms with E-state index < -0.39 is 0 Å². The van der Waals surface area contributed by atoms with Crippen LogP contribution in [0.3, 0.4) is 0 Å². The summed E-state index contributed by atoms with van der Waals surface area (Å²) in [6, 6.07) is 0. The van der Waals surface area contributed by atoms with Crippen molar-refractivity contribution < 1.29 is 4.74 Å². The van der Waals surface area contributed by atoms with Crippen LogP contribution in [0.4, 0.5) is 0 Å². The third kappa shape index (κ3) is 4.90. The van der Waals surface area contributed by atoms with Crippen molar-refractivity contribution >= 4 is 0 Å². The summed E-state index contributed by atoms with van der Waals surface area (Å²) < 4.78 is 5.07. The molecule has 1 unspecified atom stereocenters. The van der Waals surface area contributed by atoms with Crippen molar-refractivity contribution in [2.24, 2.45) is 5.18 Å². The molecule has 0 aromatic carbocycles. The first kappa shape index (κ1) is 8.65. The Kier molecular flexibility index (Phi) is 4.12. The first-order chi connectivity index (χ1) is 5.43. The van der Waals surface area contributed by atoms with E-state index in [2.05, 4.69) is 5.18 Å². The van der Waals surface area contributed by atoms with Gasteiger partial charge in [0.25, 0.3) is 0 Å². The average Bonchev–Trinajstić information content (AvgIpc) is 2.80. The maximum absolute atomic E-state index is 9.69. The van der Waals surface area contributed by atoms with Gasteiger partial charge in [-0.3, -0.25) is 0 Å². The first-order valence-corrected chi connectivity index (χ1v) is 4.34. The predicted octanol–water partition coefficient (Wildman–Crippen LogP) is 2.10. The summed E-state index contributed by atoms with van der Waals surface area (Å²) in [6.45, 7) is 1.45. The van der Waals surface area contributed by atoms with E-state index in [1.165, 1.54) is 19.3 Å². The van der Waals surface area contributed by atoms with Gasteiger partial charge in [-0.1, -0.05) is 24.4 Å². The van der Waals surface area contributed by atoms with Crippen LogP contribution < -0.4 is 0 Å². The van der Waals surface area contributed by atoms with Crippen molar-refractivity contribution in [3.05, 3.63) is 4.91 Å². The molecule has 0 saturated carbocycles. The lowest BCUT2D eigenvalue weighted by molar-refractivity contribution is 0.388. The number of rotatable bonds is 7. The van der Waals surface area contributed by atoms with Crippen LogP contribution in [0.1, 0.15) is 32.1 Å². The fourth-order valence-electron chi connectivity index (χ4n) is 1.14. The van der Waals surface area contributed by atoms with E-state index in [1.54, 1.807) is 0 Å². The molecule has 0 aromatic rings. The van der Waals surface area contributed by atoms with Crippen molar-refractivity contribution in [2.75, 3.05) is 13.2 Å². The van der Waals surface area contributed by atoms with Crippen LogP contribution in [0.15, 0.2) is 5.18 Å². The highest BCUT2D eigenvalue weighted by Crippen LogP contribution is 2.17. The van der Waals surface area contributed by atoms with Crippen LogP contribution in [0, 0.1) is 4.91 Å². The maximum Gasteiger partial charge on any atom is 0.0811 e. The lowest BCUT2D eigenvalue weighted by Crippen LogP contribution is -1.86. The van der Waals surface area contributed by atoms with Gasteiger partial charge in [-0.2, -0.15) is 4.91 Å². The molecule has 0 amide bonds. The Hall–Kier alpha value is -0.440. The molecule has 1 fully saturated rings. The summed E-state index contributed by atoms with van der Waals surface area (Å²) in [4.78, 5) is 9.69. The van der Waals surface area contributed by atoms with Gasteiger partial charge < -0.3 is 4.74 Å². The summed E-state index contributed by atoms with van der Waals surface area (Å²) in [5.41, 5.74) is 0. The molecule has 1 rings (SSSR count). The second kappa shape index (κ2) is 5.24. The second-order valence-electron chi connectivity index (χ2n) is 3.01. The Bertz CT molecular complexity index is 113. The van der Waals surface area contributed by atoms with Crippen LogP contribution in [0.2, 0.25) is 0 Å². The molecule has 1 aliphatic rings. The number of nitrogens with zero attached hydrogens (tertiary/aromatic N) is 1. The van der Waals surface area contributed by atoms with Crippen LogP contribution in [0.5, 0.6) is 0 Å². The summed E-state index contributed by atoms with van der Waals surface area (Å²) in [6.07, 6.45) is 6.32. The minimum absolute atomic E-state index is 0.486. The number of unbranched alkanes of at least 4 members (excludes halogenated alkanes) is 3. The highest BCUT2D eigenvalue weighted by molar-refractivity contribution is 4.68. The van der Waals surface area contributed by atoms with Crippen molar-refractivity contribution in [3.8, 4) is 0 Å². The second-order valence-corrected chi connectivity index (χ2v) is 3.01. The molecule has 64 valence electrons.